The van der Waals surface area contributed by atoms with Crippen LogP contribution >= 0.6 is 0 Å². The van der Waals surface area contributed by atoms with E-state index in [1.807, 2.05) is 54.6 Å². The molecule has 1 atom stereocenters. The molecule has 7 heteroatoms. The van der Waals surface area contributed by atoms with Crippen LogP contribution in [-0.2, 0) is 25.2 Å². The summed E-state index contributed by atoms with van der Waals surface area (Å²) in [7, 11) is -4.00. The van der Waals surface area contributed by atoms with E-state index in [0.717, 1.165) is 23.1 Å². The highest BCUT2D eigenvalue weighted by Crippen LogP contribution is 2.40. The van der Waals surface area contributed by atoms with E-state index >= 15 is 0 Å². The van der Waals surface area contributed by atoms with Gasteiger partial charge < -0.3 is 14.6 Å². The molecule has 0 spiro atoms. The smallest absolute Gasteiger partial charge is 0.294 e. The van der Waals surface area contributed by atoms with Crippen molar-refractivity contribution >= 4 is 10.1 Å². The van der Waals surface area contributed by atoms with Gasteiger partial charge in [-0.3, -0.25) is 4.55 Å². The Bertz CT molecular complexity index is 1450. The molecule has 1 unspecified atom stereocenters. The maximum absolute atomic E-state index is 10.8. The first-order chi connectivity index (χ1) is 25.9. The summed E-state index contributed by atoms with van der Waals surface area (Å²) in [6.45, 7) is 3.44. The summed E-state index contributed by atoms with van der Waals surface area (Å²) in [5, 5.41) is 10.8. The minimum Gasteiger partial charge on any atom is -0.388 e. The van der Waals surface area contributed by atoms with Crippen molar-refractivity contribution in [2.24, 2.45) is 0 Å². The molecule has 6 nitrogen and oxygen atoms in total. The van der Waals surface area contributed by atoms with Gasteiger partial charge in [0.2, 0.25) is 0 Å². The van der Waals surface area contributed by atoms with Gasteiger partial charge in [0.1, 0.15) is 11.7 Å². The summed E-state index contributed by atoms with van der Waals surface area (Å²) in [5.41, 5.74) is 2.29. The normalized spacial score (nSPS) is 12.2. The zero-order valence-corrected chi connectivity index (χ0v) is 32.8. The lowest BCUT2D eigenvalue weighted by molar-refractivity contribution is -0.0641. The SMILES string of the molecule is CCCCCCCCCCCCCCCCCCOCC(O)COC(c1ccccc1)(c1ccccc1)c1ccccc1.O=S(=O)(O)c1ccccc1. The zero-order valence-electron chi connectivity index (χ0n) is 32.0. The number of hydrogen-bond donors (Lipinski definition) is 2. The highest BCUT2D eigenvalue weighted by molar-refractivity contribution is 7.85. The quantitative estimate of drug-likeness (QED) is 0.0378. The van der Waals surface area contributed by atoms with Crippen LogP contribution in [0.2, 0.25) is 0 Å². The van der Waals surface area contributed by atoms with Crippen LogP contribution in [0.5, 0.6) is 0 Å². The van der Waals surface area contributed by atoms with Gasteiger partial charge in [-0.05, 0) is 35.2 Å². The summed E-state index contributed by atoms with van der Waals surface area (Å²) in [6, 6.07) is 38.3. The average molecular weight is 745 g/mol. The molecule has 0 fully saturated rings. The number of benzene rings is 4. The van der Waals surface area contributed by atoms with Crippen LogP contribution in [0.15, 0.2) is 126 Å². The number of rotatable bonds is 26. The number of aliphatic hydroxyl groups is 1. The van der Waals surface area contributed by atoms with Gasteiger partial charge in [0.25, 0.3) is 10.1 Å². The number of hydrogen-bond acceptors (Lipinski definition) is 5. The van der Waals surface area contributed by atoms with Crippen LogP contribution in [0.1, 0.15) is 126 Å². The van der Waals surface area contributed by atoms with E-state index < -0.39 is 21.8 Å². The van der Waals surface area contributed by atoms with E-state index in [4.69, 9.17) is 14.0 Å². The molecule has 0 aliphatic carbocycles. The predicted octanol–water partition coefficient (Wildman–Crippen LogP) is 11.6. The molecule has 0 radical (unpaired) electrons. The van der Waals surface area contributed by atoms with E-state index in [1.54, 1.807) is 18.2 Å². The third-order valence-electron chi connectivity index (χ3n) is 9.53. The minimum atomic E-state index is -4.00. The van der Waals surface area contributed by atoms with Crippen molar-refractivity contribution in [3.63, 3.8) is 0 Å². The lowest BCUT2D eigenvalue weighted by Gasteiger charge is -2.36. The molecule has 0 saturated heterocycles. The molecule has 53 heavy (non-hydrogen) atoms. The van der Waals surface area contributed by atoms with Crippen LogP contribution in [0.3, 0.4) is 0 Å². The Balaban J connectivity index is 0.000000651. The second-order valence-electron chi connectivity index (χ2n) is 13.9. The van der Waals surface area contributed by atoms with Gasteiger partial charge in [0, 0.05) is 6.61 Å². The van der Waals surface area contributed by atoms with E-state index in [9.17, 15) is 13.5 Å². The van der Waals surface area contributed by atoms with Gasteiger partial charge in [0.05, 0.1) is 18.1 Å². The van der Waals surface area contributed by atoms with Crippen molar-refractivity contribution in [3.8, 4) is 0 Å². The first-order valence-electron chi connectivity index (χ1n) is 20.0. The average Bonchev–Trinajstić information content (AvgIpc) is 3.19. The standard InChI is InChI=1S/C40H58O3.C6H6O3S/c1-2-3-4-5-6-7-8-9-10-11-12-13-14-15-16-26-33-42-34-39(41)35-43-40(36-27-20-17-21-28-36,37-29-22-18-23-30-37)38-31-24-19-25-32-38;7-10(8,9)6-4-2-1-3-5-6/h17-25,27-32,39,41H,2-16,26,33-35H2,1H3;1-5H,(H,7,8,9). The molecule has 4 aromatic rings. The summed E-state index contributed by atoms with van der Waals surface area (Å²) in [4.78, 5) is -0.0741. The predicted molar refractivity (Wildman–Crippen MR) is 218 cm³/mol. The van der Waals surface area contributed by atoms with E-state index in [1.165, 1.54) is 108 Å². The molecule has 0 aliphatic heterocycles. The molecule has 0 aromatic heterocycles. The Morgan fingerprint density at radius 1 is 0.509 bits per heavy atom. The molecule has 0 aliphatic rings. The maximum atomic E-state index is 10.8. The molecule has 290 valence electrons. The lowest BCUT2D eigenvalue weighted by Crippen LogP contribution is -2.36. The van der Waals surface area contributed by atoms with Crippen molar-refractivity contribution < 1.29 is 27.6 Å². The molecule has 0 bridgehead atoms. The van der Waals surface area contributed by atoms with Gasteiger partial charge in [-0.1, -0.05) is 212 Å². The van der Waals surface area contributed by atoms with Crippen molar-refractivity contribution in [1.82, 2.24) is 0 Å². The third-order valence-corrected chi connectivity index (χ3v) is 10.4. The van der Waals surface area contributed by atoms with Crippen LogP contribution in [0.4, 0.5) is 0 Å². The molecule has 4 aromatic carbocycles. The molecular weight excluding hydrogens is 681 g/mol. The third kappa shape index (κ3) is 17.1. The first kappa shape index (κ1) is 44.1. The monoisotopic (exact) mass is 744 g/mol. The Morgan fingerprint density at radius 2 is 0.849 bits per heavy atom. The van der Waals surface area contributed by atoms with E-state index in [2.05, 4.69) is 43.3 Å². The Morgan fingerprint density at radius 3 is 1.19 bits per heavy atom. The lowest BCUT2D eigenvalue weighted by atomic mass is 9.80. The number of aliphatic hydroxyl groups excluding tert-OH is 1. The van der Waals surface area contributed by atoms with Gasteiger partial charge in [-0.25, -0.2) is 0 Å². The van der Waals surface area contributed by atoms with Crippen molar-refractivity contribution in [1.29, 1.82) is 0 Å². The summed E-state index contributed by atoms with van der Waals surface area (Å²) in [5.74, 6) is 0. The second-order valence-corrected chi connectivity index (χ2v) is 15.3. The van der Waals surface area contributed by atoms with Gasteiger partial charge in [-0.2, -0.15) is 8.42 Å². The van der Waals surface area contributed by atoms with Gasteiger partial charge >= 0.3 is 0 Å². The molecule has 0 amide bonds. The fourth-order valence-electron chi connectivity index (χ4n) is 6.60. The van der Waals surface area contributed by atoms with Crippen LogP contribution in [0.25, 0.3) is 0 Å². The van der Waals surface area contributed by atoms with Gasteiger partial charge in [-0.15, -0.1) is 0 Å². The highest BCUT2D eigenvalue weighted by Gasteiger charge is 2.38. The topological polar surface area (TPSA) is 93.1 Å². The summed E-state index contributed by atoms with van der Waals surface area (Å²) < 4.78 is 41.8. The molecule has 2 N–H and O–H groups in total. The molecular formula is C46H64O6S. The van der Waals surface area contributed by atoms with Crippen LogP contribution in [0, 0.1) is 0 Å². The Labute approximate surface area is 320 Å². The highest BCUT2D eigenvalue weighted by atomic mass is 32.2. The van der Waals surface area contributed by atoms with Crippen LogP contribution in [-0.4, -0.2) is 44.0 Å². The Kier molecular flexibility index (Phi) is 22.0. The fourth-order valence-corrected chi connectivity index (χ4v) is 7.10. The first-order valence-corrected chi connectivity index (χ1v) is 21.4. The molecule has 0 saturated carbocycles. The van der Waals surface area contributed by atoms with Crippen molar-refractivity contribution in [3.05, 3.63) is 138 Å². The van der Waals surface area contributed by atoms with E-state index in [0.29, 0.717) is 6.61 Å². The Hall–Kier alpha value is -3.33. The molecule has 4 rings (SSSR count). The number of unbranched alkanes of at least 4 members (excludes halogenated alkanes) is 15. The van der Waals surface area contributed by atoms with Crippen molar-refractivity contribution in [2.75, 3.05) is 19.8 Å². The van der Waals surface area contributed by atoms with E-state index in [-0.39, 0.29) is 18.1 Å². The second kappa shape index (κ2) is 26.4. The molecule has 0 heterocycles. The number of ether oxygens (including phenoxy) is 2. The largest absolute Gasteiger partial charge is 0.388 e. The van der Waals surface area contributed by atoms with Gasteiger partial charge in [0.15, 0.2) is 0 Å². The zero-order chi connectivity index (χ0) is 37.9. The van der Waals surface area contributed by atoms with Crippen molar-refractivity contribution in [2.45, 2.75) is 126 Å². The fraction of sp³-hybridized carbons (Fsp3) is 0.478. The maximum Gasteiger partial charge on any atom is 0.294 e. The van der Waals surface area contributed by atoms with Crippen LogP contribution < -0.4 is 0 Å². The minimum absolute atomic E-state index is 0.0741. The summed E-state index contributed by atoms with van der Waals surface area (Å²) >= 11 is 0. The summed E-state index contributed by atoms with van der Waals surface area (Å²) in [6.07, 6.45) is 21.1.